The first-order valence-corrected chi connectivity index (χ1v) is 10.9. The van der Waals surface area contributed by atoms with E-state index in [0.29, 0.717) is 0 Å². The number of benzene rings is 2. The van der Waals surface area contributed by atoms with Crippen LogP contribution in [0, 0.1) is 20.4 Å². The molecule has 184 valence electrons. The Kier molecular flexibility index (Phi) is 35.8. The molecule has 0 atom stereocenters. The van der Waals surface area contributed by atoms with Gasteiger partial charge < -0.3 is 16.0 Å². The fourth-order valence-electron chi connectivity index (χ4n) is 1.78. The van der Waals surface area contributed by atoms with Crippen molar-refractivity contribution in [2.45, 2.75) is 27.7 Å². The molecule has 2 aromatic rings. The quantitative estimate of drug-likeness (QED) is 0.231. The Morgan fingerprint density at radius 1 is 0.647 bits per heavy atom. The zero-order valence-electron chi connectivity index (χ0n) is 23.0. The predicted molar refractivity (Wildman–Crippen MR) is 154 cm³/mol. The maximum atomic E-state index is 5.09. The number of allylic oxidation sites excluding steroid dienone is 5. The van der Waals surface area contributed by atoms with Crippen molar-refractivity contribution in [1.29, 1.82) is 0 Å². The third-order valence-electron chi connectivity index (χ3n) is 3.56. The van der Waals surface area contributed by atoms with Gasteiger partial charge in [0.05, 0.1) is 0 Å². The molecule has 3 nitrogen and oxygen atoms in total. The molecule has 0 radical (unpaired) electrons. The SMILES string of the molecule is C[N-]C.C[N-]C.C[N-]C.Cc1ccc(C=CC=Cc2ccc(C)cc2)cc1.[CH-]=CC(C)=CC.[Ti+4]. The largest absolute Gasteiger partial charge is 4.00 e. The summed E-state index contributed by atoms with van der Waals surface area (Å²) in [6.07, 6.45) is 11.9. The Bertz CT molecular complexity index is 700. The van der Waals surface area contributed by atoms with Crippen LogP contribution in [-0.4, -0.2) is 42.3 Å². The maximum Gasteiger partial charge on any atom is 4.00 e. The van der Waals surface area contributed by atoms with Gasteiger partial charge in [-0.1, -0.05) is 90.9 Å². The number of hydrogen-bond acceptors (Lipinski definition) is 0. The Labute approximate surface area is 226 Å². The van der Waals surface area contributed by atoms with E-state index < -0.39 is 0 Å². The molecule has 0 heterocycles. The second-order valence-electron chi connectivity index (χ2n) is 7.08. The van der Waals surface area contributed by atoms with Crippen molar-refractivity contribution in [2.75, 3.05) is 42.3 Å². The van der Waals surface area contributed by atoms with Gasteiger partial charge in [0.25, 0.3) is 0 Å². The summed E-state index contributed by atoms with van der Waals surface area (Å²) in [6, 6.07) is 17.0. The molecule has 0 spiro atoms. The van der Waals surface area contributed by atoms with Crippen LogP contribution in [0.5, 0.6) is 0 Å². The summed E-state index contributed by atoms with van der Waals surface area (Å²) in [5.74, 6) is 0. The van der Waals surface area contributed by atoms with E-state index in [2.05, 4.69) is 103 Å². The van der Waals surface area contributed by atoms with E-state index in [0.717, 1.165) is 5.57 Å². The molecule has 0 saturated carbocycles. The molecule has 0 aromatic heterocycles. The van der Waals surface area contributed by atoms with E-state index >= 15 is 0 Å². The Morgan fingerprint density at radius 3 is 1.09 bits per heavy atom. The standard InChI is InChI=1S/C18H18.C6H9.3C2H6N.Ti/c1-15-7-11-17(12-8-15)5-3-4-6-18-13-9-16(2)10-14-18;1-4-6(3)5-2;3*1-3-2;/h3-14H,1-2H3;1,4-5H,2-3H3;3*1-2H3;/q;4*-1;+4. The van der Waals surface area contributed by atoms with E-state index in [4.69, 9.17) is 6.58 Å². The molecule has 0 N–H and O–H groups in total. The number of aryl methyl sites for hydroxylation is 2. The van der Waals surface area contributed by atoms with Gasteiger partial charge in [0.2, 0.25) is 0 Å². The second-order valence-corrected chi connectivity index (χ2v) is 7.08. The normalized spacial score (nSPS) is 9.65. The van der Waals surface area contributed by atoms with Crippen LogP contribution in [0.4, 0.5) is 0 Å². The fourth-order valence-corrected chi connectivity index (χ4v) is 1.78. The number of hydrogen-bond donors (Lipinski definition) is 0. The van der Waals surface area contributed by atoms with E-state index in [1.165, 1.54) is 22.3 Å². The molecular weight excluding hydrogens is 450 g/mol. The average Bonchev–Trinajstić information content (AvgIpc) is 2.80. The smallest absolute Gasteiger partial charge is 0.668 e. The summed E-state index contributed by atoms with van der Waals surface area (Å²) in [7, 11) is 10.5. The molecular formula is C30H45N3Ti. The van der Waals surface area contributed by atoms with Crippen molar-refractivity contribution in [1.82, 2.24) is 0 Å². The zero-order chi connectivity index (χ0) is 25.9. The average molecular weight is 496 g/mol. The Morgan fingerprint density at radius 2 is 0.912 bits per heavy atom. The van der Waals surface area contributed by atoms with Gasteiger partial charge in [-0.3, -0.25) is 6.58 Å². The van der Waals surface area contributed by atoms with Crippen molar-refractivity contribution in [2.24, 2.45) is 0 Å². The van der Waals surface area contributed by atoms with E-state index in [-0.39, 0.29) is 21.7 Å². The molecule has 0 aliphatic rings. The molecule has 0 amide bonds. The van der Waals surface area contributed by atoms with Gasteiger partial charge in [0, 0.05) is 0 Å². The molecule has 0 fully saturated rings. The fraction of sp³-hybridized carbons (Fsp3) is 0.333. The van der Waals surface area contributed by atoms with Crippen LogP contribution in [0.1, 0.15) is 36.1 Å². The monoisotopic (exact) mass is 495 g/mol. The Balaban J connectivity index is -0.000000234. The van der Waals surface area contributed by atoms with Crippen molar-refractivity contribution >= 4 is 12.2 Å². The summed E-state index contributed by atoms with van der Waals surface area (Å²) in [5.41, 5.74) is 6.17. The van der Waals surface area contributed by atoms with Crippen LogP contribution >= 0.6 is 0 Å². The first kappa shape index (κ1) is 39.2. The van der Waals surface area contributed by atoms with Crippen molar-refractivity contribution in [3.05, 3.63) is 123 Å². The van der Waals surface area contributed by atoms with E-state index in [1.54, 1.807) is 48.4 Å². The minimum Gasteiger partial charge on any atom is -0.668 e. The molecule has 0 bridgehead atoms. The molecule has 0 saturated heterocycles. The summed E-state index contributed by atoms with van der Waals surface area (Å²) in [4.78, 5) is 0. The first-order valence-electron chi connectivity index (χ1n) is 10.9. The van der Waals surface area contributed by atoms with Crippen molar-refractivity contribution < 1.29 is 21.7 Å². The minimum absolute atomic E-state index is 0. The minimum atomic E-state index is 0. The van der Waals surface area contributed by atoms with Gasteiger partial charge in [0.15, 0.2) is 0 Å². The number of nitrogens with zero attached hydrogens (tertiary/aromatic N) is 3. The predicted octanol–water partition coefficient (Wildman–Crippen LogP) is 8.83. The third-order valence-corrected chi connectivity index (χ3v) is 3.56. The first-order chi connectivity index (χ1) is 15.8. The summed E-state index contributed by atoms with van der Waals surface area (Å²) >= 11 is 0. The van der Waals surface area contributed by atoms with Crippen molar-refractivity contribution in [3.8, 4) is 0 Å². The van der Waals surface area contributed by atoms with Gasteiger partial charge in [-0.15, -0.1) is 6.92 Å². The number of rotatable bonds is 4. The summed E-state index contributed by atoms with van der Waals surface area (Å²) in [6.45, 7) is 13.2. The zero-order valence-corrected chi connectivity index (χ0v) is 24.6. The molecule has 0 aliphatic carbocycles. The third kappa shape index (κ3) is 30.0. The molecule has 2 rings (SSSR count). The second kappa shape index (κ2) is 31.0. The molecule has 0 aliphatic heterocycles. The summed E-state index contributed by atoms with van der Waals surface area (Å²) < 4.78 is 0. The van der Waals surface area contributed by atoms with Gasteiger partial charge in [-0.2, -0.15) is 48.4 Å². The Hall–Kier alpha value is -2.01. The van der Waals surface area contributed by atoms with Crippen LogP contribution in [0.2, 0.25) is 0 Å². The molecule has 34 heavy (non-hydrogen) atoms. The van der Waals surface area contributed by atoms with Crippen molar-refractivity contribution in [3.63, 3.8) is 0 Å². The summed E-state index contributed by atoms with van der Waals surface area (Å²) in [5, 5.41) is 10.5. The molecule has 4 heteroatoms. The van der Waals surface area contributed by atoms with E-state index in [9.17, 15) is 0 Å². The maximum absolute atomic E-state index is 5.09. The van der Waals surface area contributed by atoms with Crippen LogP contribution in [-0.2, 0) is 21.7 Å². The van der Waals surface area contributed by atoms with E-state index in [1.807, 2.05) is 19.9 Å². The van der Waals surface area contributed by atoms with Gasteiger partial charge >= 0.3 is 21.7 Å². The molecule has 2 aromatic carbocycles. The van der Waals surface area contributed by atoms with Crippen LogP contribution in [0.3, 0.4) is 0 Å². The van der Waals surface area contributed by atoms with Crippen LogP contribution < -0.4 is 0 Å². The van der Waals surface area contributed by atoms with Gasteiger partial charge in [-0.25, -0.2) is 11.6 Å². The van der Waals surface area contributed by atoms with Crippen LogP contribution in [0.25, 0.3) is 28.1 Å². The topological polar surface area (TPSA) is 42.3 Å². The van der Waals surface area contributed by atoms with Crippen LogP contribution in [0.15, 0.2) is 78.4 Å². The van der Waals surface area contributed by atoms with Gasteiger partial charge in [-0.05, 0) is 25.0 Å². The molecule has 0 unspecified atom stereocenters. The van der Waals surface area contributed by atoms with Gasteiger partial charge in [0.1, 0.15) is 0 Å².